The molecule has 1 saturated heterocycles. The van der Waals surface area contributed by atoms with Crippen molar-refractivity contribution in [1.82, 2.24) is 29.5 Å². The molecular formula is C24H28N6O2. The van der Waals surface area contributed by atoms with Crippen LogP contribution in [0.5, 0.6) is 0 Å². The molecular weight excluding hydrogens is 404 g/mol. The minimum absolute atomic E-state index is 0.264. The van der Waals surface area contributed by atoms with Gasteiger partial charge in [-0.1, -0.05) is 29.8 Å². The van der Waals surface area contributed by atoms with Gasteiger partial charge in [-0.05, 0) is 37.5 Å². The van der Waals surface area contributed by atoms with E-state index in [-0.39, 0.29) is 11.6 Å². The molecule has 0 radical (unpaired) electrons. The lowest BCUT2D eigenvalue weighted by Crippen LogP contribution is -2.57. The number of benzene rings is 1. The molecule has 3 aromatic rings. The van der Waals surface area contributed by atoms with Crippen molar-refractivity contribution >= 4 is 6.09 Å². The first-order valence-electron chi connectivity index (χ1n) is 11.0. The van der Waals surface area contributed by atoms with Crippen LogP contribution in [0.4, 0.5) is 4.79 Å². The van der Waals surface area contributed by atoms with Crippen LogP contribution < -0.4 is 0 Å². The molecule has 0 unspecified atom stereocenters. The Kier molecular flexibility index (Phi) is 5.38. The number of amides is 1. The maximum atomic E-state index is 12.4. The summed E-state index contributed by atoms with van der Waals surface area (Å²) >= 11 is 0. The fourth-order valence-corrected chi connectivity index (χ4v) is 5.09. The Labute approximate surface area is 187 Å². The maximum absolute atomic E-state index is 12.4. The molecule has 8 heteroatoms. The number of carbonyl (C=O) groups excluding carboxylic acids is 1. The second kappa shape index (κ2) is 8.35. The average molecular weight is 433 g/mol. The highest BCUT2D eigenvalue weighted by atomic mass is 16.5. The third-order valence-corrected chi connectivity index (χ3v) is 6.65. The number of ether oxygens (including phenoxy) is 1. The van der Waals surface area contributed by atoms with Gasteiger partial charge in [0.15, 0.2) is 11.6 Å². The molecule has 0 aliphatic carbocycles. The number of likely N-dealkylation sites (tertiary alicyclic amines) is 1. The number of methoxy groups -OCH3 is 1. The van der Waals surface area contributed by atoms with E-state index in [9.17, 15) is 4.79 Å². The van der Waals surface area contributed by atoms with Gasteiger partial charge in [0, 0.05) is 44.1 Å². The molecule has 0 N–H and O–H groups in total. The second-order valence-corrected chi connectivity index (χ2v) is 8.83. The van der Waals surface area contributed by atoms with E-state index in [1.165, 1.54) is 18.2 Å². The molecule has 2 aliphatic rings. The topological polar surface area (TPSA) is 76.4 Å². The first kappa shape index (κ1) is 20.6. The summed E-state index contributed by atoms with van der Waals surface area (Å²) in [5.41, 5.74) is 3.30. The number of aryl methyl sites for hydroxylation is 1. The van der Waals surface area contributed by atoms with E-state index in [1.807, 2.05) is 18.3 Å². The van der Waals surface area contributed by atoms with Crippen molar-refractivity contribution in [3.63, 3.8) is 0 Å². The molecule has 0 saturated carbocycles. The van der Waals surface area contributed by atoms with E-state index >= 15 is 0 Å². The van der Waals surface area contributed by atoms with Crippen molar-refractivity contribution in [1.29, 1.82) is 0 Å². The first-order chi connectivity index (χ1) is 15.6. The summed E-state index contributed by atoms with van der Waals surface area (Å²) in [6, 6.07) is 12.6. The fraction of sp³-hybridized carbons (Fsp3) is 0.417. The van der Waals surface area contributed by atoms with E-state index in [4.69, 9.17) is 4.74 Å². The zero-order valence-electron chi connectivity index (χ0n) is 18.6. The Balaban J connectivity index is 1.45. The highest BCUT2D eigenvalue weighted by Gasteiger charge is 2.45. The van der Waals surface area contributed by atoms with Gasteiger partial charge in [0.2, 0.25) is 0 Å². The van der Waals surface area contributed by atoms with Gasteiger partial charge in [0.05, 0.1) is 19.2 Å². The molecule has 1 spiro atoms. The number of hydrogen-bond acceptors (Lipinski definition) is 6. The molecule has 0 atom stereocenters. The Morgan fingerprint density at radius 2 is 2.00 bits per heavy atom. The molecule has 5 rings (SSSR count). The van der Waals surface area contributed by atoms with Gasteiger partial charge in [-0.15, -0.1) is 10.2 Å². The quantitative estimate of drug-likeness (QED) is 0.633. The van der Waals surface area contributed by atoms with Gasteiger partial charge in [-0.25, -0.2) is 4.79 Å². The molecule has 0 bridgehead atoms. The highest BCUT2D eigenvalue weighted by molar-refractivity contribution is 5.68. The predicted octanol–water partition coefficient (Wildman–Crippen LogP) is 3.22. The van der Waals surface area contributed by atoms with Crippen molar-refractivity contribution in [2.75, 3.05) is 26.7 Å². The Bertz CT molecular complexity index is 1100. The third kappa shape index (κ3) is 3.75. The van der Waals surface area contributed by atoms with Crippen LogP contribution >= 0.6 is 0 Å². The van der Waals surface area contributed by atoms with Crippen LogP contribution in [-0.2, 0) is 23.4 Å². The Hall–Kier alpha value is -3.26. The standard InChI is InChI=1S/C24H28N6O2/c1-18-5-3-6-19(13-18)15-28-11-8-24(9-12-28)17-29(23(31)32-2)16-21-26-27-22(30(21)24)20-7-4-10-25-14-20/h3-7,10,13-14H,8-9,11-12,15-17H2,1-2H3. The third-order valence-electron chi connectivity index (χ3n) is 6.65. The summed E-state index contributed by atoms with van der Waals surface area (Å²) < 4.78 is 7.32. The molecule has 4 heterocycles. The molecule has 2 aliphatic heterocycles. The van der Waals surface area contributed by atoms with Gasteiger partial charge < -0.3 is 9.30 Å². The number of fused-ring (bicyclic) bond motifs is 2. The van der Waals surface area contributed by atoms with Crippen molar-refractivity contribution in [2.24, 2.45) is 0 Å². The number of nitrogens with zero attached hydrogens (tertiary/aromatic N) is 6. The molecule has 8 nitrogen and oxygen atoms in total. The van der Waals surface area contributed by atoms with E-state index in [0.29, 0.717) is 13.1 Å². The minimum atomic E-state index is -0.316. The monoisotopic (exact) mass is 432 g/mol. The molecule has 1 aromatic carbocycles. The number of hydrogen-bond donors (Lipinski definition) is 0. The SMILES string of the molecule is COC(=O)N1Cc2nnc(-c3cccnc3)n2C2(CCN(Cc3cccc(C)c3)CC2)C1. The zero-order chi connectivity index (χ0) is 22.1. The van der Waals surface area contributed by atoms with Crippen molar-refractivity contribution < 1.29 is 9.53 Å². The lowest BCUT2D eigenvalue weighted by Gasteiger charge is -2.48. The predicted molar refractivity (Wildman–Crippen MR) is 120 cm³/mol. The van der Waals surface area contributed by atoms with Crippen LogP contribution in [0.3, 0.4) is 0 Å². The van der Waals surface area contributed by atoms with Crippen LogP contribution in [0.2, 0.25) is 0 Å². The lowest BCUT2D eigenvalue weighted by atomic mass is 9.84. The van der Waals surface area contributed by atoms with Crippen molar-refractivity contribution in [2.45, 2.75) is 38.4 Å². The lowest BCUT2D eigenvalue weighted by molar-refractivity contribution is 0.0341. The summed E-state index contributed by atoms with van der Waals surface area (Å²) in [7, 11) is 1.43. The van der Waals surface area contributed by atoms with E-state index in [1.54, 1.807) is 11.1 Å². The summed E-state index contributed by atoms with van der Waals surface area (Å²) in [6.07, 6.45) is 5.08. The molecule has 32 heavy (non-hydrogen) atoms. The maximum Gasteiger partial charge on any atom is 0.409 e. The average Bonchev–Trinajstić information content (AvgIpc) is 3.26. The largest absolute Gasteiger partial charge is 0.453 e. The zero-order valence-corrected chi connectivity index (χ0v) is 18.6. The first-order valence-corrected chi connectivity index (χ1v) is 11.0. The number of rotatable bonds is 3. The Morgan fingerprint density at radius 1 is 1.16 bits per heavy atom. The van der Waals surface area contributed by atoms with Crippen LogP contribution in [0.15, 0.2) is 48.8 Å². The van der Waals surface area contributed by atoms with Gasteiger partial charge in [-0.2, -0.15) is 0 Å². The van der Waals surface area contributed by atoms with E-state index in [2.05, 4.69) is 55.8 Å². The van der Waals surface area contributed by atoms with Crippen molar-refractivity contribution in [3.8, 4) is 11.4 Å². The smallest absolute Gasteiger partial charge is 0.409 e. The van der Waals surface area contributed by atoms with Crippen molar-refractivity contribution in [3.05, 3.63) is 65.7 Å². The Morgan fingerprint density at radius 3 is 2.72 bits per heavy atom. The van der Waals surface area contributed by atoms with Gasteiger partial charge in [0.1, 0.15) is 0 Å². The number of pyridine rings is 1. The van der Waals surface area contributed by atoms with E-state index < -0.39 is 0 Å². The number of aromatic nitrogens is 4. The van der Waals surface area contributed by atoms with Crippen LogP contribution in [0.1, 0.15) is 29.8 Å². The van der Waals surface area contributed by atoms with Gasteiger partial charge in [0.25, 0.3) is 0 Å². The minimum Gasteiger partial charge on any atom is -0.453 e. The summed E-state index contributed by atoms with van der Waals surface area (Å²) in [4.78, 5) is 21.0. The molecule has 166 valence electrons. The summed E-state index contributed by atoms with van der Waals surface area (Å²) in [5.74, 6) is 1.62. The van der Waals surface area contributed by atoms with Crippen LogP contribution in [0, 0.1) is 6.92 Å². The summed E-state index contributed by atoms with van der Waals surface area (Å²) in [6.45, 7) is 5.93. The molecule has 2 aromatic heterocycles. The number of carbonyl (C=O) groups is 1. The fourth-order valence-electron chi connectivity index (χ4n) is 5.09. The molecule has 1 amide bonds. The van der Waals surface area contributed by atoms with Crippen LogP contribution in [0.25, 0.3) is 11.4 Å². The molecule has 1 fully saturated rings. The number of piperidine rings is 1. The van der Waals surface area contributed by atoms with Gasteiger partial charge >= 0.3 is 6.09 Å². The van der Waals surface area contributed by atoms with Crippen LogP contribution in [-0.4, -0.2) is 62.4 Å². The van der Waals surface area contributed by atoms with Gasteiger partial charge in [-0.3, -0.25) is 14.8 Å². The normalized spacial score (nSPS) is 17.9. The second-order valence-electron chi connectivity index (χ2n) is 8.83. The summed E-state index contributed by atoms with van der Waals surface area (Å²) in [5, 5.41) is 8.98. The van der Waals surface area contributed by atoms with E-state index in [0.717, 1.165) is 49.7 Å². The highest BCUT2D eigenvalue weighted by Crippen LogP contribution is 2.39.